The third-order valence-corrected chi connectivity index (χ3v) is 4.00. The lowest BCUT2D eigenvalue weighted by atomic mass is 10.1. The van der Waals surface area contributed by atoms with Crippen LogP contribution in [0.3, 0.4) is 0 Å². The minimum Gasteiger partial charge on any atom is -0.492 e. The molecule has 0 unspecified atom stereocenters. The minimum absolute atomic E-state index is 0.345. The van der Waals surface area contributed by atoms with Gasteiger partial charge in [0.2, 0.25) is 0 Å². The first-order valence-electron chi connectivity index (χ1n) is 8.05. The van der Waals surface area contributed by atoms with Crippen molar-refractivity contribution >= 4 is 22.4 Å². The number of unbranched alkanes of at least 4 members (excludes halogenated alkanes) is 3. The van der Waals surface area contributed by atoms with Crippen molar-refractivity contribution in [3.8, 4) is 5.75 Å². The van der Waals surface area contributed by atoms with Crippen LogP contribution in [-0.2, 0) is 6.42 Å². The molecule has 22 heavy (non-hydrogen) atoms. The smallest absolute Gasteiger partial charge is 0.345 e. The molecular weight excluding hydrogens is 300 g/mol. The van der Waals surface area contributed by atoms with E-state index in [-0.39, 0.29) is 5.63 Å². The lowest BCUT2D eigenvalue weighted by Crippen LogP contribution is -2.04. The van der Waals surface area contributed by atoms with Gasteiger partial charge in [-0.15, -0.1) is 0 Å². The van der Waals surface area contributed by atoms with Crippen molar-refractivity contribution in [2.75, 3.05) is 6.61 Å². The maximum atomic E-state index is 12.2. The maximum absolute atomic E-state index is 12.2. The molecule has 4 heteroatoms. The highest BCUT2D eigenvalue weighted by Crippen LogP contribution is 2.31. The Hall–Kier alpha value is -1.48. The van der Waals surface area contributed by atoms with Gasteiger partial charge in [-0.1, -0.05) is 50.8 Å². The van der Waals surface area contributed by atoms with E-state index in [1.807, 2.05) is 25.1 Å². The Labute approximate surface area is 136 Å². The molecule has 0 fully saturated rings. The molecular formula is C18H23ClO3. The second-order valence-corrected chi connectivity index (χ2v) is 5.88. The molecule has 0 aliphatic carbocycles. The van der Waals surface area contributed by atoms with Crippen LogP contribution in [0.2, 0.25) is 5.02 Å². The van der Waals surface area contributed by atoms with Crippen LogP contribution >= 0.6 is 11.6 Å². The normalized spacial score (nSPS) is 11.0. The number of benzene rings is 1. The molecule has 120 valence electrons. The Balaban J connectivity index is 2.26. The topological polar surface area (TPSA) is 39.4 Å². The average molecular weight is 323 g/mol. The van der Waals surface area contributed by atoms with Gasteiger partial charge in [0.1, 0.15) is 11.5 Å². The summed E-state index contributed by atoms with van der Waals surface area (Å²) in [5, 5.41) is 1.57. The number of hydrogen-bond acceptors (Lipinski definition) is 3. The lowest BCUT2D eigenvalue weighted by molar-refractivity contribution is 0.318. The fourth-order valence-electron chi connectivity index (χ4n) is 2.45. The summed E-state index contributed by atoms with van der Waals surface area (Å²) in [6.45, 7) is 4.77. The molecule has 1 aromatic carbocycles. The molecule has 2 aromatic rings. The highest BCUT2D eigenvalue weighted by molar-refractivity contribution is 6.36. The van der Waals surface area contributed by atoms with Gasteiger partial charge in [0, 0.05) is 6.42 Å². The highest BCUT2D eigenvalue weighted by atomic mass is 35.5. The summed E-state index contributed by atoms with van der Waals surface area (Å²) >= 11 is 6.30. The van der Waals surface area contributed by atoms with Gasteiger partial charge in [-0.3, -0.25) is 0 Å². The fraction of sp³-hybridized carbons (Fsp3) is 0.500. The number of hydrogen-bond donors (Lipinski definition) is 0. The zero-order valence-corrected chi connectivity index (χ0v) is 14.0. The Kier molecular flexibility index (Phi) is 6.32. The number of ether oxygens (including phenoxy) is 1. The molecule has 1 aromatic heterocycles. The monoisotopic (exact) mass is 322 g/mol. The predicted octanol–water partition coefficient (Wildman–Crippen LogP) is 5.36. The SMILES string of the molecule is CCCCCCc1cc2ccc(OCCC)c(Cl)c2c(=O)o1. The van der Waals surface area contributed by atoms with Gasteiger partial charge < -0.3 is 9.15 Å². The van der Waals surface area contributed by atoms with Gasteiger partial charge in [-0.2, -0.15) is 0 Å². The van der Waals surface area contributed by atoms with Crippen LogP contribution in [0.5, 0.6) is 5.75 Å². The van der Waals surface area contributed by atoms with Crippen molar-refractivity contribution in [1.82, 2.24) is 0 Å². The Morgan fingerprint density at radius 2 is 1.95 bits per heavy atom. The van der Waals surface area contributed by atoms with Crippen LogP contribution in [0.25, 0.3) is 10.8 Å². The number of aryl methyl sites for hydroxylation is 1. The second-order valence-electron chi connectivity index (χ2n) is 5.50. The molecule has 2 rings (SSSR count). The molecule has 1 heterocycles. The first kappa shape index (κ1) is 16.9. The zero-order valence-electron chi connectivity index (χ0n) is 13.3. The predicted molar refractivity (Wildman–Crippen MR) is 91.1 cm³/mol. The summed E-state index contributed by atoms with van der Waals surface area (Å²) in [5.41, 5.74) is -0.380. The van der Waals surface area contributed by atoms with Gasteiger partial charge in [-0.05, 0) is 30.4 Å². The molecule has 0 bridgehead atoms. The standard InChI is InChI=1S/C18H23ClO3/c1-3-5-6-7-8-14-12-13-9-10-15(21-11-4-2)17(19)16(13)18(20)22-14/h9-10,12H,3-8,11H2,1-2H3. The molecule has 3 nitrogen and oxygen atoms in total. The van der Waals surface area contributed by atoms with E-state index in [2.05, 4.69) is 6.92 Å². The lowest BCUT2D eigenvalue weighted by Gasteiger charge is -2.09. The van der Waals surface area contributed by atoms with E-state index < -0.39 is 0 Å². The van der Waals surface area contributed by atoms with Gasteiger partial charge >= 0.3 is 5.63 Å². The summed E-state index contributed by atoms with van der Waals surface area (Å²) < 4.78 is 11.0. The van der Waals surface area contributed by atoms with Crippen LogP contribution in [0, 0.1) is 0 Å². The number of fused-ring (bicyclic) bond motifs is 1. The summed E-state index contributed by atoms with van der Waals surface area (Å²) in [4.78, 5) is 12.2. The van der Waals surface area contributed by atoms with E-state index in [1.54, 1.807) is 0 Å². The van der Waals surface area contributed by atoms with E-state index >= 15 is 0 Å². The molecule has 0 radical (unpaired) electrons. The van der Waals surface area contributed by atoms with E-state index in [1.165, 1.54) is 12.8 Å². The van der Waals surface area contributed by atoms with Crippen LogP contribution in [0.1, 0.15) is 51.7 Å². The second kappa shape index (κ2) is 8.23. The van der Waals surface area contributed by atoms with Crippen molar-refractivity contribution in [2.45, 2.75) is 52.4 Å². The van der Waals surface area contributed by atoms with Crippen molar-refractivity contribution in [1.29, 1.82) is 0 Å². The third-order valence-electron chi connectivity index (χ3n) is 3.62. The van der Waals surface area contributed by atoms with E-state index in [0.29, 0.717) is 22.8 Å². The molecule has 0 amide bonds. The fourth-order valence-corrected chi connectivity index (χ4v) is 2.75. The zero-order chi connectivity index (χ0) is 15.9. The van der Waals surface area contributed by atoms with Crippen molar-refractivity contribution in [3.05, 3.63) is 39.4 Å². The van der Waals surface area contributed by atoms with Gasteiger partial charge in [-0.25, -0.2) is 4.79 Å². The molecule has 0 aliphatic rings. The number of halogens is 1. The molecule has 0 spiro atoms. The van der Waals surface area contributed by atoms with Gasteiger partial charge in [0.05, 0.1) is 17.0 Å². The van der Waals surface area contributed by atoms with Crippen molar-refractivity contribution in [2.24, 2.45) is 0 Å². The summed E-state index contributed by atoms with van der Waals surface area (Å²) in [7, 11) is 0. The largest absolute Gasteiger partial charge is 0.492 e. The van der Waals surface area contributed by atoms with E-state index in [9.17, 15) is 4.79 Å². The molecule has 0 saturated carbocycles. The summed E-state index contributed by atoms with van der Waals surface area (Å²) in [6, 6.07) is 5.61. The first-order valence-corrected chi connectivity index (χ1v) is 8.43. The van der Waals surface area contributed by atoms with Crippen LogP contribution in [0.15, 0.2) is 27.4 Å². The third kappa shape index (κ3) is 4.04. The van der Waals surface area contributed by atoms with Crippen LogP contribution in [-0.4, -0.2) is 6.61 Å². The van der Waals surface area contributed by atoms with Crippen LogP contribution in [0.4, 0.5) is 0 Å². The highest BCUT2D eigenvalue weighted by Gasteiger charge is 2.12. The van der Waals surface area contributed by atoms with E-state index in [0.717, 1.165) is 36.8 Å². The maximum Gasteiger partial charge on any atom is 0.345 e. The number of rotatable bonds is 8. The van der Waals surface area contributed by atoms with Crippen molar-refractivity contribution in [3.63, 3.8) is 0 Å². The Morgan fingerprint density at radius 1 is 1.14 bits per heavy atom. The van der Waals surface area contributed by atoms with Gasteiger partial charge in [0.25, 0.3) is 0 Å². The molecule has 0 N–H and O–H groups in total. The quantitative estimate of drug-likeness (QED) is 0.614. The van der Waals surface area contributed by atoms with Crippen LogP contribution < -0.4 is 10.4 Å². The van der Waals surface area contributed by atoms with Crippen molar-refractivity contribution < 1.29 is 9.15 Å². The molecule has 0 atom stereocenters. The van der Waals surface area contributed by atoms with E-state index in [4.69, 9.17) is 20.8 Å². The summed E-state index contributed by atoms with van der Waals surface area (Å²) in [5.74, 6) is 1.27. The Bertz CT molecular complexity index is 676. The van der Waals surface area contributed by atoms with Gasteiger partial charge in [0.15, 0.2) is 0 Å². The average Bonchev–Trinajstić information content (AvgIpc) is 2.50. The Morgan fingerprint density at radius 3 is 2.68 bits per heavy atom. The summed E-state index contributed by atoms with van der Waals surface area (Å²) in [6.07, 6.45) is 6.27. The minimum atomic E-state index is -0.380. The first-order chi connectivity index (χ1) is 10.7. The molecule has 0 aliphatic heterocycles. The molecule has 0 saturated heterocycles.